The number of nitrogens with zero attached hydrogens (tertiary/aromatic N) is 1. The molecule has 2 aromatic rings. The smallest absolute Gasteiger partial charge is 0.196 e. The van der Waals surface area contributed by atoms with Gasteiger partial charge in [0.15, 0.2) is 41.0 Å². The zero-order valence-corrected chi connectivity index (χ0v) is 34.5. The van der Waals surface area contributed by atoms with Crippen molar-refractivity contribution in [3.63, 3.8) is 0 Å². The van der Waals surface area contributed by atoms with Gasteiger partial charge in [0, 0.05) is 38.3 Å². The summed E-state index contributed by atoms with van der Waals surface area (Å²) < 4.78 is 17.6. The van der Waals surface area contributed by atoms with Gasteiger partial charge in [0.25, 0.3) is 0 Å². The van der Waals surface area contributed by atoms with E-state index in [1.54, 1.807) is 41.8 Å². The van der Waals surface area contributed by atoms with Crippen LogP contribution in [0.4, 0.5) is 5.69 Å². The van der Waals surface area contributed by atoms with Crippen molar-refractivity contribution in [1.82, 2.24) is 10.6 Å². The van der Waals surface area contributed by atoms with Gasteiger partial charge in [-0.3, -0.25) is 9.79 Å². The number of nitrogens with one attached hydrogen (secondary N) is 3. The molecule has 6 N–H and O–H groups in total. The number of phenols is 2. The Labute approximate surface area is 334 Å². The lowest BCUT2D eigenvalue weighted by Gasteiger charge is -2.34. The van der Waals surface area contributed by atoms with Crippen LogP contribution in [-0.2, 0) is 21.4 Å². The summed E-state index contributed by atoms with van der Waals surface area (Å²) in [5.74, 6) is 3.49. The molecule has 6 rings (SSSR count). The van der Waals surface area contributed by atoms with E-state index in [4.69, 9.17) is 14.2 Å². The molecule has 3 fully saturated rings. The Morgan fingerprint density at radius 2 is 1.85 bits per heavy atom. The van der Waals surface area contributed by atoms with Gasteiger partial charge in [0.1, 0.15) is 5.60 Å². The fraction of sp³-hybridized carbons (Fsp3) is 0.619. The topological polar surface area (TPSA) is 154 Å². The van der Waals surface area contributed by atoms with Crippen LogP contribution >= 0.6 is 21.6 Å². The maximum absolute atomic E-state index is 14.7. The lowest BCUT2D eigenvalue weighted by atomic mass is 9.70. The summed E-state index contributed by atoms with van der Waals surface area (Å²) >= 11 is 0. The first kappa shape index (κ1) is 41.5. The number of carbonyl (C=O) groups excluding carboxylic acids is 1. The standard InChI is InChI=1S/C42H60N4O7S2/c1-43-26-41(18-13-29(23-41)20-37(49)52-4)53-35-22-31-21-32(38(35)50)46-39(44-2)45-27-55-54-25-30-9-7-17-42(30,24-28-11-12-33(47)34(19-28)51-3)36(48)10-8-16-40(31)14-5-6-15-40/h8,10-12,19,21-22,29-30,37,43,47,49-50H,5-7,9,13-18,20,23-27H2,1-4H3,(H2,44,45,46)/b10-8+/t29-,30-,37-,41-,42+/m1/s1. The highest BCUT2D eigenvalue weighted by Crippen LogP contribution is 2.52. The minimum atomic E-state index is -0.823. The average Bonchev–Trinajstić information content (AvgIpc) is 3.93. The zero-order valence-electron chi connectivity index (χ0n) is 32.8. The molecule has 0 aromatic heterocycles. The van der Waals surface area contributed by atoms with Gasteiger partial charge >= 0.3 is 0 Å². The van der Waals surface area contributed by atoms with E-state index in [1.807, 2.05) is 37.4 Å². The Morgan fingerprint density at radius 3 is 2.60 bits per heavy atom. The van der Waals surface area contributed by atoms with E-state index in [2.05, 4.69) is 27.0 Å². The Hall–Kier alpha value is -3.10. The maximum atomic E-state index is 14.7. The van der Waals surface area contributed by atoms with Gasteiger partial charge in [-0.2, -0.15) is 0 Å². The molecule has 0 saturated heterocycles. The number of methoxy groups -OCH3 is 2. The van der Waals surface area contributed by atoms with Crippen LogP contribution in [-0.4, -0.2) is 85.4 Å². The number of benzene rings is 2. The van der Waals surface area contributed by atoms with Crippen molar-refractivity contribution in [2.45, 2.75) is 101 Å². The summed E-state index contributed by atoms with van der Waals surface area (Å²) in [5, 5.41) is 42.6. The second-order valence-electron chi connectivity index (χ2n) is 16.0. The highest BCUT2D eigenvalue weighted by Gasteiger charge is 2.48. The molecule has 2 aromatic carbocycles. The van der Waals surface area contributed by atoms with Crippen molar-refractivity contribution in [1.29, 1.82) is 0 Å². The summed E-state index contributed by atoms with van der Waals surface area (Å²) in [5.41, 5.74) is 1.19. The van der Waals surface area contributed by atoms with Crippen LogP contribution in [0.1, 0.15) is 88.2 Å². The third-order valence-electron chi connectivity index (χ3n) is 12.7. The first-order chi connectivity index (χ1) is 26.6. The number of hydrogen-bond acceptors (Lipinski definition) is 11. The van der Waals surface area contributed by atoms with Crippen molar-refractivity contribution in [3.8, 4) is 23.0 Å². The number of carbonyl (C=O) groups is 1. The van der Waals surface area contributed by atoms with Crippen molar-refractivity contribution >= 4 is 39.0 Å². The molecule has 0 amide bonds. The lowest BCUT2D eigenvalue weighted by Crippen LogP contribution is -2.43. The van der Waals surface area contributed by atoms with Crippen LogP contribution < -0.4 is 25.4 Å². The molecule has 1 aliphatic heterocycles. The minimum Gasteiger partial charge on any atom is -0.504 e. The van der Waals surface area contributed by atoms with Crippen LogP contribution in [0.25, 0.3) is 0 Å². The first-order valence-electron chi connectivity index (χ1n) is 19.8. The van der Waals surface area contributed by atoms with Gasteiger partial charge in [-0.1, -0.05) is 53.0 Å². The molecule has 302 valence electrons. The number of aromatic hydroxyl groups is 2. The Bertz CT molecular complexity index is 1700. The molecule has 5 atom stereocenters. The van der Waals surface area contributed by atoms with Crippen LogP contribution in [0, 0.1) is 17.3 Å². The fourth-order valence-electron chi connectivity index (χ4n) is 9.74. The summed E-state index contributed by atoms with van der Waals surface area (Å²) in [6.45, 7) is 0.590. The minimum absolute atomic E-state index is 0.0296. The number of likely N-dealkylation sites (N-methyl/N-ethyl adjacent to an activating group) is 1. The number of anilines is 1. The molecular weight excluding hydrogens is 737 g/mol. The maximum Gasteiger partial charge on any atom is 0.196 e. The molecule has 0 radical (unpaired) electrons. The van der Waals surface area contributed by atoms with E-state index < -0.39 is 17.3 Å². The first-order valence-corrected chi connectivity index (χ1v) is 22.3. The molecule has 2 bridgehead atoms. The molecule has 11 nitrogen and oxygen atoms in total. The van der Waals surface area contributed by atoms with Gasteiger partial charge in [0.2, 0.25) is 0 Å². The summed E-state index contributed by atoms with van der Waals surface area (Å²) in [7, 11) is 10.2. The van der Waals surface area contributed by atoms with E-state index in [0.29, 0.717) is 61.3 Å². The molecule has 1 spiro atoms. The number of fused-ring (bicyclic) bond motifs is 4. The fourth-order valence-corrected chi connectivity index (χ4v) is 12.0. The summed E-state index contributed by atoms with van der Waals surface area (Å²) in [4.78, 5) is 19.2. The number of hydrogen-bond donors (Lipinski definition) is 6. The molecule has 0 unspecified atom stereocenters. The number of phenolic OH excluding ortho intramolecular Hbond substituents is 2. The number of aliphatic imine (C=N–C) groups is 1. The number of rotatable bonds is 10. The molecule has 3 aliphatic carbocycles. The van der Waals surface area contributed by atoms with Crippen molar-refractivity contribution in [3.05, 3.63) is 53.6 Å². The third kappa shape index (κ3) is 9.38. The molecule has 4 aliphatic rings. The van der Waals surface area contributed by atoms with Crippen LogP contribution in [0.15, 0.2) is 47.5 Å². The molecule has 1 heterocycles. The molecule has 3 saturated carbocycles. The van der Waals surface area contributed by atoms with Gasteiger partial charge < -0.3 is 45.5 Å². The van der Waals surface area contributed by atoms with E-state index in [1.165, 1.54) is 7.11 Å². The number of allylic oxidation sites excluding steroid dienone is 2. The third-order valence-corrected chi connectivity index (χ3v) is 14.9. The highest BCUT2D eigenvalue weighted by molar-refractivity contribution is 8.76. The summed E-state index contributed by atoms with van der Waals surface area (Å²) in [6, 6.07) is 9.51. The Balaban J connectivity index is 1.37. The quantitative estimate of drug-likeness (QED) is 0.0813. The lowest BCUT2D eigenvalue weighted by molar-refractivity contribution is -0.125. The monoisotopic (exact) mass is 796 g/mol. The number of aliphatic hydroxyl groups is 1. The van der Waals surface area contributed by atoms with Crippen LogP contribution in [0.2, 0.25) is 0 Å². The number of guanidine groups is 1. The molecular formula is C42H60N4O7S2. The number of aliphatic hydroxyl groups excluding tert-OH is 1. The van der Waals surface area contributed by atoms with Gasteiger partial charge in [-0.15, -0.1) is 0 Å². The predicted octanol–water partition coefficient (Wildman–Crippen LogP) is 7.29. The molecule has 55 heavy (non-hydrogen) atoms. The van der Waals surface area contributed by atoms with Gasteiger partial charge in [-0.25, -0.2) is 0 Å². The Kier molecular flexibility index (Phi) is 13.9. The van der Waals surface area contributed by atoms with Crippen LogP contribution in [0.3, 0.4) is 0 Å². The number of ketones is 1. The molecule has 13 heteroatoms. The van der Waals surface area contributed by atoms with Gasteiger partial charge in [0.05, 0.1) is 18.7 Å². The van der Waals surface area contributed by atoms with Crippen molar-refractivity contribution in [2.24, 2.45) is 22.2 Å². The van der Waals surface area contributed by atoms with Crippen molar-refractivity contribution < 1.29 is 34.3 Å². The van der Waals surface area contributed by atoms with Crippen LogP contribution in [0.5, 0.6) is 23.0 Å². The zero-order chi connectivity index (χ0) is 39.1. The van der Waals surface area contributed by atoms with E-state index in [-0.39, 0.29) is 34.5 Å². The average molecular weight is 797 g/mol. The Morgan fingerprint density at radius 1 is 1.04 bits per heavy atom. The van der Waals surface area contributed by atoms with E-state index in [9.17, 15) is 20.1 Å². The SMILES string of the molecule is CN=C1NCSSC[C@H]2CCC[C@@]2(Cc2ccc(O)c(OC)c2)C(=O)/C=C/CC2(CCCC2)c2cc(c(O)c(O[C@]3(CNC)CC[C@H](C[C@H](O)OC)C3)c2)N1. The van der Waals surface area contributed by atoms with Gasteiger partial charge in [-0.05, 0) is 124 Å². The predicted molar refractivity (Wildman–Crippen MR) is 222 cm³/mol. The van der Waals surface area contributed by atoms with Crippen molar-refractivity contribution in [2.75, 3.05) is 51.8 Å². The second-order valence-corrected chi connectivity index (χ2v) is 18.5. The largest absolute Gasteiger partial charge is 0.504 e. The highest BCUT2D eigenvalue weighted by atomic mass is 33.1. The normalized spacial score (nSPS) is 29.0. The van der Waals surface area contributed by atoms with E-state index >= 15 is 0 Å². The van der Waals surface area contributed by atoms with E-state index in [0.717, 1.165) is 74.7 Å². The second kappa shape index (κ2) is 18.4. The number of ether oxygens (including phenoxy) is 3. The summed E-state index contributed by atoms with van der Waals surface area (Å²) in [6.07, 6.45) is 14.2.